The number of carbonyl (C=O) groups excluding carboxylic acids is 1. The summed E-state index contributed by atoms with van der Waals surface area (Å²) in [7, 11) is -3.01. The number of sulfone groups is 1. The Labute approximate surface area is 155 Å². The van der Waals surface area contributed by atoms with E-state index >= 15 is 0 Å². The highest BCUT2D eigenvalue weighted by Crippen LogP contribution is 2.25. The highest BCUT2D eigenvalue weighted by atomic mass is 32.2. The zero-order chi connectivity index (χ0) is 18.6. The first-order valence-electron chi connectivity index (χ1n) is 8.14. The van der Waals surface area contributed by atoms with Crippen molar-refractivity contribution in [2.24, 2.45) is 0 Å². The van der Waals surface area contributed by atoms with Gasteiger partial charge in [0, 0.05) is 11.6 Å². The van der Waals surface area contributed by atoms with Crippen LogP contribution < -0.4 is 10.1 Å². The van der Waals surface area contributed by atoms with E-state index in [1.54, 1.807) is 0 Å². The number of rotatable bonds is 7. The summed E-state index contributed by atoms with van der Waals surface area (Å²) in [6.45, 7) is 2.51. The van der Waals surface area contributed by atoms with Gasteiger partial charge in [-0.15, -0.1) is 10.2 Å². The minimum atomic E-state index is -3.01. The smallest absolute Gasteiger partial charge is 0.277 e. The lowest BCUT2D eigenvalue weighted by Crippen LogP contribution is -2.36. The first kappa shape index (κ1) is 18.7. The van der Waals surface area contributed by atoms with Crippen molar-refractivity contribution in [3.05, 3.63) is 24.3 Å². The quantitative estimate of drug-likeness (QED) is 0.700. The average molecular weight is 397 g/mol. The van der Waals surface area contributed by atoms with Crippen LogP contribution in [0.4, 0.5) is 0 Å². The molecule has 0 bridgehead atoms. The number of carbonyl (C=O) groups is 1. The van der Waals surface area contributed by atoms with Gasteiger partial charge < -0.3 is 14.5 Å². The molecule has 3 rings (SSSR count). The van der Waals surface area contributed by atoms with Crippen molar-refractivity contribution in [2.45, 2.75) is 24.6 Å². The molecule has 1 aliphatic rings. The van der Waals surface area contributed by atoms with E-state index in [-0.39, 0.29) is 34.4 Å². The van der Waals surface area contributed by atoms with Crippen molar-refractivity contribution in [2.75, 3.05) is 23.9 Å². The number of aromatic nitrogens is 2. The number of benzene rings is 1. The summed E-state index contributed by atoms with van der Waals surface area (Å²) in [5.41, 5.74) is 0.758. The second kappa shape index (κ2) is 8.09. The number of thioether (sulfide) groups is 1. The Bertz CT molecular complexity index is 864. The van der Waals surface area contributed by atoms with Crippen LogP contribution in [0.5, 0.6) is 5.75 Å². The van der Waals surface area contributed by atoms with Crippen LogP contribution in [-0.4, -0.2) is 54.4 Å². The van der Waals surface area contributed by atoms with E-state index in [2.05, 4.69) is 15.5 Å². The van der Waals surface area contributed by atoms with Gasteiger partial charge in [-0.2, -0.15) is 0 Å². The molecule has 0 saturated carbocycles. The summed E-state index contributed by atoms with van der Waals surface area (Å²) in [5.74, 6) is 1.08. The molecule has 1 amide bonds. The normalized spacial score (nSPS) is 18.6. The molecule has 1 atom stereocenters. The number of nitrogens with zero attached hydrogens (tertiary/aromatic N) is 2. The number of nitrogens with one attached hydrogen (secondary N) is 1. The molecule has 2 aromatic rings. The van der Waals surface area contributed by atoms with E-state index in [4.69, 9.17) is 9.15 Å². The molecule has 1 fully saturated rings. The van der Waals surface area contributed by atoms with Crippen LogP contribution >= 0.6 is 11.8 Å². The van der Waals surface area contributed by atoms with E-state index in [1.165, 1.54) is 0 Å². The van der Waals surface area contributed by atoms with Gasteiger partial charge in [0.05, 0.1) is 23.9 Å². The Kier molecular flexibility index (Phi) is 5.82. The molecule has 10 heteroatoms. The van der Waals surface area contributed by atoms with Crippen LogP contribution in [0.3, 0.4) is 0 Å². The third-order valence-corrected chi connectivity index (χ3v) is 6.33. The molecular weight excluding hydrogens is 378 g/mol. The monoisotopic (exact) mass is 397 g/mol. The maximum absolute atomic E-state index is 11.9. The Balaban J connectivity index is 1.51. The van der Waals surface area contributed by atoms with Gasteiger partial charge in [0.15, 0.2) is 9.84 Å². The van der Waals surface area contributed by atoms with Crippen LogP contribution in [-0.2, 0) is 14.6 Å². The van der Waals surface area contributed by atoms with Gasteiger partial charge in [-0.1, -0.05) is 11.8 Å². The van der Waals surface area contributed by atoms with Gasteiger partial charge in [0.2, 0.25) is 11.8 Å². The molecule has 26 heavy (non-hydrogen) atoms. The number of ether oxygens (including phenoxy) is 1. The molecule has 0 spiro atoms. The third kappa shape index (κ3) is 4.98. The van der Waals surface area contributed by atoms with Gasteiger partial charge in [0.25, 0.3) is 5.22 Å². The zero-order valence-corrected chi connectivity index (χ0v) is 15.8. The van der Waals surface area contributed by atoms with Crippen molar-refractivity contribution in [1.29, 1.82) is 0 Å². The van der Waals surface area contributed by atoms with Crippen molar-refractivity contribution in [3.8, 4) is 17.2 Å². The van der Waals surface area contributed by atoms with E-state index in [0.29, 0.717) is 18.9 Å². The lowest BCUT2D eigenvalue weighted by molar-refractivity contribution is -0.119. The summed E-state index contributed by atoms with van der Waals surface area (Å²) < 4.78 is 33.7. The van der Waals surface area contributed by atoms with Crippen LogP contribution in [0.2, 0.25) is 0 Å². The second-order valence-electron chi connectivity index (χ2n) is 5.79. The van der Waals surface area contributed by atoms with Crippen molar-refractivity contribution in [1.82, 2.24) is 15.5 Å². The molecule has 140 valence electrons. The fraction of sp³-hybridized carbons (Fsp3) is 0.438. The molecule has 1 saturated heterocycles. The SMILES string of the molecule is CCOc1ccc(-c2nnc(SCC(=O)N[C@@H]3CCS(=O)(=O)C3)o2)cc1. The zero-order valence-electron chi connectivity index (χ0n) is 14.2. The number of amides is 1. The Hall–Kier alpha value is -2.07. The van der Waals surface area contributed by atoms with Gasteiger partial charge in [-0.3, -0.25) is 4.79 Å². The predicted octanol–water partition coefficient (Wildman–Crippen LogP) is 1.53. The molecule has 1 N–H and O–H groups in total. The third-order valence-electron chi connectivity index (χ3n) is 3.74. The first-order chi connectivity index (χ1) is 12.4. The van der Waals surface area contributed by atoms with Crippen molar-refractivity contribution in [3.63, 3.8) is 0 Å². The van der Waals surface area contributed by atoms with Crippen LogP contribution in [0.1, 0.15) is 13.3 Å². The summed E-state index contributed by atoms with van der Waals surface area (Å²) in [6.07, 6.45) is 0.460. The largest absolute Gasteiger partial charge is 0.494 e. The summed E-state index contributed by atoms with van der Waals surface area (Å²) in [6, 6.07) is 6.97. The summed E-state index contributed by atoms with van der Waals surface area (Å²) in [5, 5.41) is 10.9. The van der Waals surface area contributed by atoms with Crippen LogP contribution in [0, 0.1) is 0 Å². The Morgan fingerprint density at radius 1 is 1.35 bits per heavy atom. The van der Waals surface area contributed by atoms with Gasteiger partial charge in [-0.25, -0.2) is 8.42 Å². The van der Waals surface area contributed by atoms with Gasteiger partial charge in [0.1, 0.15) is 5.75 Å². The van der Waals surface area contributed by atoms with Crippen molar-refractivity contribution >= 4 is 27.5 Å². The first-order valence-corrected chi connectivity index (χ1v) is 11.0. The van der Waals surface area contributed by atoms with E-state index in [0.717, 1.165) is 23.1 Å². The van der Waals surface area contributed by atoms with Crippen LogP contribution in [0.25, 0.3) is 11.5 Å². The number of hydrogen-bond donors (Lipinski definition) is 1. The minimum Gasteiger partial charge on any atom is -0.494 e. The fourth-order valence-corrected chi connectivity index (χ4v) is 4.80. The highest BCUT2D eigenvalue weighted by Gasteiger charge is 2.28. The van der Waals surface area contributed by atoms with Crippen LogP contribution in [0.15, 0.2) is 33.9 Å². The molecule has 8 nitrogen and oxygen atoms in total. The molecule has 1 aliphatic heterocycles. The van der Waals surface area contributed by atoms with E-state index < -0.39 is 9.84 Å². The van der Waals surface area contributed by atoms with Crippen molar-refractivity contribution < 1.29 is 22.4 Å². The summed E-state index contributed by atoms with van der Waals surface area (Å²) >= 11 is 1.11. The van der Waals surface area contributed by atoms with E-state index in [9.17, 15) is 13.2 Å². The second-order valence-corrected chi connectivity index (χ2v) is 8.94. The standard InChI is InChI=1S/C16H19N3O5S2/c1-2-23-13-5-3-11(4-6-13)15-18-19-16(24-15)25-9-14(20)17-12-7-8-26(21,22)10-12/h3-6,12H,2,7-10H2,1H3,(H,17,20)/t12-/m1/s1. The maximum Gasteiger partial charge on any atom is 0.277 e. The minimum absolute atomic E-state index is 0.00581. The lowest BCUT2D eigenvalue weighted by atomic mass is 10.2. The summed E-state index contributed by atoms with van der Waals surface area (Å²) in [4.78, 5) is 11.9. The fourth-order valence-electron chi connectivity index (χ4n) is 2.55. The van der Waals surface area contributed by atoms with Gasteiger partial charge in [-0.05, 0) is 37.6 Å². The molecule has 2 heterocycles. The maximum atomic E-state index is 11.9. The Morgan fingerprint density at radius 2 is 2.12 bits per heavy atom. The molecular formula is C16H19N3O5S2. The molecule has 1 aromatic heterocycles. The lowest BCUT2D eigenvalue weighted by Gasteiger charge is -2.09. The molecule has 1 aromatic carbocycles. The number of hydrogen-bond acceptors (Lipinski definition) is 8. The predicted molar refractivity (Wildman–Crippen MR) is 96.8 cm³/mol. The molecule has 0 unspecified atom stereocenters. The Morgan fingerprint density at radius 3 is 2.77 bits per heavy atom. The van der Waals surface area contributed by atoms with Gasteiger partial charge >= 0.3 is 0 Å². The average Bonchev–Trinajstić information content (AvgIpc) is 3.20. The van der Waals surface area contributed by atoms with E-state index in [1.807, 2.05) is 31.2 Å². The molecule has 0 radical (unpaired) electrons. The highest BCUT2D eigenvalue weighted by molar-refractivity contribution is 7.99. The topological polar surface area (TPSA) is 111 Å². The molecule has 0 aliphatic carbocycles.